The molecule has 1 aliphatic carbocycles. The van der Waals surface area contributed by atoms with E-state index in [1.54, 1.807) is 12.1 Å². The molecule has 1 fully saturated rings. The van der Waals surface area contributed by atoms with Crippen molar-refractivity contribution in [1.29, 1.82) is 0 Å². The minimum Gasteiger partial charge on any atom is -0.449 e. The second-order valence-electron chi connectivity index (χ2n) is 6.31. The topological polar surface area (TPSA) is 123 Å². The van der Waals surface area contributed by atoms with Crippen molar-refractivity contribution in [3.8, 4) is 0 Å². The highest BCUT2D eigenvalue weighted by Crippen LogP contribution is 2.27. The minimum atomic E-state index is -1.11. The number of non-ortho nitro benzene ring substituents is 1. The van der Waals surface area contributed by atoms with Crippen LogP contribution >= 0.6 is 11.6 Å². The number of halogens is 1. The number of nitrogens with zero attached hydrogens (tertiary/aromatic N) is 2. The van der Waals surface area contributed by atoms with Gasteiger partial charge in [0.2, 0.25) is 0 Å². The van der Waals surface area contributed by atoms with E-state index in [0.29, 0.717) is 11.9 Å². The molecule has 1 atom stereocenters. The smallest absolute Gasteiger partial charge is 0.340 e. The van der Waals surface area contributed by atoms with Crippen molar-refractivity contribution in [2.75, 3.05) is 10.6 Å². The molecule has 1 heterocycles. The van der Waals surface area contributed by atoms with Crippen LogP contribution in [0.15, 0.2) is 36.5 Å². The Labute approximate surface area is 165 Å². The monoisotopic (exact) mass is 404 g/mol. The molecule has 1 unspecified atom stereocenters. The van der Waals surface area contributed by atoms with E-state index in [4.69, 9.17) is 16.3 Å². The zero-order valence-electron chi connectivity index (χ0n) is 14.8. The van der Waals surface area contributed by atoms with Gasteiger partial charge in [0.25, 0.3) is 11.6 Å². The Kier molecular flexibility index (Phi) is 5.74. The molecule has 1 saturated carbocycles. The zero-order valence-corrected chi connectivity index (χ0v) is 15.6. The number of amides is 1. The van der Waals surface area contributed by atoms with Crippen molar-refractivity contribution in [2.45, 2.75) is 31.9 Å². The molecule has 28 heavy (non-hydrogen) atoms. The second-order valence-corrected chi connectivity index (χ2v) is 6.72. The normalized spacial score (nSPS) is 14.1. The lowest BCUT2D eigenvalue weighted by atomic mass is 10.2. The van der Waals surface area contributed by atoms with Crippen molar-refractivity contribution in [3.05, 3.63) is 57.2 Å². The van der Waals surface area contributed by atoms with Crippen molar-refractivity contribution >= 4 is 40.7 Å². The number of anilines is 2. The van der Waals surface area contributed by atoms with Crippen LogP contribution in [-0.4, -0.2) is 33.9 Å². The van der Waals surface area contributed by atoms with Gasteiger partial charge in [0, 0.05) is 24.4 Å². The number of nitrogens with one attached hydrogen (secondary N) is 2. The highest BCUT2D eigenvalue weighted by atomic mass is 35.5. The Bertz CT molecular complexity index is 915. The van der Waals surface area contributed by atoms with Crippen LogP contribution in [0.1, 0.15) is 30.1 Å². The Balaban J connectivity index is 1.57. The number of hydrogen-bond acceptors (Lipinski definition) is 7. The molecule has 9 nitrogen and oxygen atoms in total. The fourth-order valence-corrected chi connectivity index (χ4v) is 2.49. The Hall–Kier alpha value is -3.20. The largest absolute Gasteiger partial charge is 0.449 e. The SMILES string of the molecule is CC(OC(=O)c1ccc(NC2CC2)nc1)C(=O)Nc1ccc([N+](=O)[O-])cc1Cl. The zero-order chi connectivity index (χ0) is 20.3. The summed E-state index contributed by atoms with van der Waals surface area (Å²) in [6.07, 6.45) is 2.49. The summed E-state index contributed by atoms with van der Waals surface area (Å²) in [6.45, 7) is 1.41. The Morgan fingerprint density at radius 1 is 1.32 bits per heavy atom. The van der Waals surface area contributed by atoms with Crippen LogP contribution in [0.2, 0.25) is 5.02 Å². The Morgan fingerprint density at radius 3 is 2.64 bits per heavy atom. The molecule has 1 aromatic carbocycles. The van der Waals surface area contributed by atoms with E-state index in [2.05, 4.69) is 15.6 Å². The summed E-state index contributed by atoms with van der Waals surface area (Å²) in [7, 11) is 0. The summed E-state index contributed by atoms with van der Waals surface area (Å²) in [5.41, 5.74) is 0.196. The standard InChI is InChI=1S/C18H17ClN4O5/c1-10(17(24)22-15-6-5-13(23(26)27)8-14(15)19)28-18(25)11-2-7-16(20-9-11)21-12-3-4-12/h2,5-10,12H,3-4H2,1H3,(H,20,21)(H,22,24). The first-order chi connectivity index (χ1) is 13.3. The van der Waals surface area contributed by atoms with Crippen LogP contribution in [-0.2, 0) is 9.53 Å². The lowest BCUT2D eigenvalue weighted by Gasteiger charge is -2.14. The number of carbonyl (C=O) groups excluding carboxylic acids is 2. The molecule has 1 aromatic heterocycles. The van der Waals surface area contributed by atoms with Crippen LogP contribution in [0.3, 0.4) is 0 Å². The van der Waals surface area contributed by atoms with E-state index in [1.165, 1.54) is 25.3 Å². The first-order valence-electron chi connectivity index (χ1n) is 8.52. The number of benzene rings is 1. The van der Waals surface area contributed by atoms with Gasteiger partial charge in [-0.3, -0.25) is 14.9 Å². The highest BCUT2D eigenvalue weighted by molar-refractivity contribution is 6.34. The van der Waals surface area contributed by atoms with Gasteiger partial charge in [-0.2, -0.15) is 0 Å². The fraction of sp³-hybridized carbons (Fsp3) is 0.278. The molecule has 146 valence electrons. The molecule has 1 aliphatic rings. The molecule has 3 rings (SSSR count). The summed E-state index contributed by atoms with van der Waals surface area (Å²) in [5.74, 6) is -0.635. The lowest BCUT2D eigenvalue weighted by molar-refractivity contribution is -0.384. The van der Waals surface area contributed by atoms with Gasteiger partial charge < -0.3 is 15.4 Å². The number of carbonyl (C=O) groups is 2. The molecule has 0 radical (unpaired) electrons. The van der Waals surface area contributed by atoms with Crippen molar-refractivity contribution in [3.63, 3.8) is 0 Å². The summed E-state index contributed by atoms with van der Waals surface area (Å²) in [6, 6.07) is 7.33. The van der Waals surface area contributed by atoms with Crippen molar-refractivity contribution in [2.24, 2.45) is 0 Å². The van der Waals surface area contributed by atoms with Gasteiger partial charge in [-0.25, -0.2) is 9.78 Å². The highest BCUT2D eigenvalue weighted by Gasteiger charge is 2.23. The average Bonchev–Trinajstić information content (AvgIpc) is 3.47. The van der Waals surface area contributed by atoms with Crippen molar-refractivity contribution in [1.82, 2.24) is 4.98 Å². The summed E-state index contributed by atoms with van der Waals surface area (Å²) in [5, 5.41) is 16.4. The molecule has 0 bridgehead atoms. The van der Waals surface area contributed by atoms with E-state index >= 15 is 0 Å². The first kappa shape index (κ1) is 19.6. The lowest BCUT2D eigenvalue weighted by Crippen LogP contribution is -2.30. The number of hydrogen-bond donors (Lipinski definition) is 2. The van der Waals surface area contributed by atoms with Crippen LogP contribution < -0.4 is 10.6 Å². The molecular weight excluding hydrogens is 388 g/mol. The average molecular weight is 405 g/mol. The maximum atomic E-state index is 12.2. The van der Waals surface area contributed by atoms with Crippen LogP contribution in [0, 0.1) is 10.1 Å². The van der Waals surface area contributed by atoms with E-state index in [1.807, 2.05) is 0 Å². The third-order valence-electron chi connectivity index (χ3n) is 4.00. The fourth-order valence-electron chi connectivity index (χ4n) is 2.27. The molecule has 1 amide bonds. The molecule has 2 N–H and O–H groups in total. The summed E-state index contributed by atoms with van der Waals surface area (Å²) >= 11 is 5.94. The molecule has 0 spiro atoms. The summed E-state index contributed by atoms with van der Waals surface area (Å²) in [4.78, 5) is 38.7. The molecule has 10 heteroatoms. The summed E-state index contributed by atoms with van der Waals surface area (Å²) < 4.78 is 5.14. The number of nitro groups is 1. The van der Waals surface area contributed by atoms with Gasteiger partial charge in [-0.1, -0.05) is 11.6 Å². The van der Waals surface area contributed by atoms with Gasteiger partial charge >= 0.3 is 5.97 Å². The number of nitro benzene ring substituents is 1. The second kappa shape index (κ2) is 8.22. The molecular formula is C18H17ClN4O5. The maximum Gasteiger partial charge on any atom is 0.340 e. The van der Waals surface area contributed by atoms with Crippen LogP contribution in [0.5, 0.6) is 0 Å². The Morgan fingerprint density at radius 2 is 2.07 bits per heavy atom. The van der Waals surface area contributed by atoms with Crippen molar-refractivity contribution < 1.29 is 19.2 Å². The van der Waals surface area contributed by atoms with E-state index in [-0.39, 0.29) is 22.0 Å². The first-order valence-corrected chi connectivity index (χ1v) is 8.89. The van der Waals surface area contributed by atoms with Gasteiger partial charge in [-0.05, 0) is 38.0 Å². The number of ether oxygens (including phenoxy) is 1. The van der Waals surface area contributed by atoms with Crippen LogP contribution in [0.4, 0.5) is 17.2 Å². The third-order valence-corrected chi connectivity index (χ3v) is 4.32. The molecule has 0 aliphatic heterocycles. The molecule has 0 saturated heterocycles. The number of esters is 1. The van der Waals surface area contributed by atoms with Gasteiger partial charge in [0.1, 0.15) is 5.82 Å². The predicted octanol–water partition coefficient (Wildman–Crippen LogP) is 3.40. The number of aromatic nitrogens is 1. The number of rotatable bonds is 7. The molecule has 2 aromatic rings. The quantitative estimate of drug-likeness (QED) is 0.411. The third kappa shape index (κ3) is 4.95. The number of pyridine rings is 1. The van der Waals surface area contributed by atoms with Gasteiger partial charge in [-0.15, -0.1) is 0 Å². The van der Waals surface area contributed by atoms with E-state index in [9.17, 15) is 19.7 Å². The minimum absolute atomic E-state index is 0.00373. The predicted molar refractivity (Wildman–Crippen MR) is 102 cm³/mol. The van der Waals surface area contributed by atoms with Crippen LogP contribution in [0.25, 0.3) is 0 Å². The van der Waals surface area contributed by atoms with E-state index < -0.39 is 22.9 Å². The van der Waals surface area contributed by atoms with E-state index in [0.717, 1.165) is 18.9 Å². The van der Waals surface area contributed by atoms with Gasteiger partial charge in [0.05, 0.1) is 21.2 Å². The van der Waals surface area contributed by atoms with Gasteiger partial charge in [0.15, 0.2) is 6.10 Å². The maximum absolute atomic E-state index is 12.2.